The molecule has 0 fully saturated rings. The number of imidazole rings is 1. The number of aromatic carboxylic acids is 1. The number of hydrogen-bond donors (Lipinski definition) is 2. The van der Waals surface area contributed by atoms with E-state index < -0.39 is 11.5 Å². The van der Waals surface area contributed by atoms with E-state index >= 15 is 0 Å². The van der Waals surface area contributed by atoms with Crippen LogP contribution in [0.5, 0.6) is 0 Å². The zero-order chi connectivity index (χ0) is 10.3. The maximum atomic E-state index is 11.4. The number of carbonyl (C=O) groups is 1. The maximum Gasteiger partial charge on any atom is 0.356 e. The highest BCUT2D eigenvalue weighted by molar-refractivity contribution is 5.93. The molecule has 0 aliphatic carbocycles. The van der Waals surface area contributed by atoms with Crippen molar-refractivity contribution >= 4 is 11.5 Å². The molecule has 6 nitrogen and oxygen atoms in total. The number of H-pyrrole nitrogens is 1. The monoisotopic (exact) mass is 193 g/mol. The van der Waals surface area contributed by atoms with Crippen LogP contribution in [0.25, 0.3) is 5.52 Å². The fourth-order valence-electron chi connectivity index (χ4n) is 1.32. The maximum absolute atomic E-state index is 11.4. The van der Waals surface area contributed by atoms with Crippen LogP contribution in [0.3, 0.4) is 0 Å². The molecule has 2 aromatic rings. The number of aryl methyl sites for hydroxylation is 1. The average molecular weight is 193 g/mol. The first-order chi connectivity index (χ1) is 6.59. The summed E-state index contributed by atoms with van der Waals surface area (Å²) in [6.07, 6.45) is 2.91. The Morgan fingerprint density at radius 1 is 1.64 bits per heavy atom. The number of nitrogens with one attached hydrogen (secondary N) is 1. The van der Waals surface area contributed by atoms with Gasteiger partial charge in [0.25, 0.3) is 5.56 Å². The van der Waals surface area contributed by atoms with Crippen LogP contribution < -0.4 is 5.56 Å². The molecule has 0 saturated carbocycles. The molecule has 0 saturated heterocycles. The summed E-state index contributed by atoms with van der Waals surface area (Å²) in [6, 6.07) is 0. The van der Waals surface area contributed by atoms with E-state index in [9.17, 15) is 9.59 Å². The summed E-state index contributed by atoms with van der Waals surface area (Å²) in [5, 5.41) is 8.74. The molecule has 0 spiro atoms. The minimum Gasteiger partial charge on any atom is -0.476 e. The molecule has 0 radical (unpaired) electrons. The third-order valence-electron chi connectivity index (χ3n) is 1.85. The largest absolute Gasteiger partial charge is 0.476 e. The summed E-state index contributed by atoms with van der Waals surface area (Å²) >= 11 is 0. The van der Waals surface area contributed by atoms with E-state index in [1.54, 1.807) is 13.1 Å². The van der Waals surface area contributed by atoms with Gasteiger partial charge in [-0.15, -0.1) is 0 Å². The van der Waals surface area contributed by atoms with E-state index in [1.165, 1.54) is 10.7 Å². The lowest BCUT2D eigenvalue weighted by molar-refractivity contribution is 0.0693. The van der Waals surface area contributed by atoms with Crippen LogP contribution in [-0.2, 0) is 0 Å². The van der Waals surface area contributed by atoms with Crippen molar-refractivity contribution in [3.8, 4) is 0 Å². The summed E-state index contributed by atoms with van der Waals surface area (Å²) in [5.41, 5.74) is 0.0334. The predicted octanol–water partition coefficient (Wildman–Crippen LogP) is 0.0292. The van der Waals surface area contributed by atoms with Crippen molar-refractivity contribution in [3.05, 3.63) is 34.3 Å². The van der Waals surface area contributed by atoms with Gasteiger partial charge in [-0.1, -0.05) is 0 Å². The second-order valence-corrected chi connectivity index (χ2v) is 2.92. The van der Waals surface area contributed by atoms with Crippen molar-refractivity contribution < 1.29 is 9.90 Å². The van der Waals surface area contributed by atoms with Crippen molar-refractivity contribution in [2.24, 2.45) is 0 Å². The third-order valence-corrected chi connectivity index (χ3v) is 1.85. The molecule has 2 aromatic heterocycles. The Hall–Kier alpha value is -2.11. The minimum atomic E-state index is -1.21. The van der Waals surface area contributed by atoms with E-state index in [2.05, 4.69) is 9.97 Å². The summed E-state index contributed by atoms with van der Waals surface area (Å²) in [4.78, 5) is 28.2. The minimum absolute atomic E-state index is 0.0584. The molecule has 2 N–H and O–H groups in total. The van der Waals surface area contributed by atoms with Gasteiger partial charge in [0.05, 0.1) is 0 Å². The first-order valence-electron chi connectivity index (χ1n) is 3.89. The molecule has 0 aliphatic heterocycles. The van der Waals surface area contributed by atoms with Gasteiger partial charge in [-0.3, -0.25) is 9.20 Å². The highest BCUT2D eigenvalue weighted by Gasteiger charge is 2.14. The molecule has 72 valence electrons. The van der Waals surface area contributed by atoms with E-state index in [4.69, 9.17) is 5.11 Å². The van der Waals surface area contributed by atoms with Crippen molar-refractivity contribution in [1.82, 2.24) is 14.4 Å². The van der Waals surface area contributed by atoms with Gasteiger partial charge in [0.15, 0.2) is 5.69 Å². The van der Waals surface area contributed by atoms with Gasteiger partial charge in [-0.2, -0.15) is 0 Å². The van der Waals surface area contributed by atoms with Gasteiger partial charge in [0.2, 0.25) is 0 Å². The van der Waals surface area contributed by atoms with Gasteiger partial charge < -0.3 is 10.1 Å². The third kappa shape index (κ3) is 1.08. The van der Waals surface area contributed by atoms with Crippen molar-refractivity contribution in [1.29, 1.82) is 0 Å². The number of aromatic amines is 1. The Morgan fingerprint density at radius 3 is 3.00 bits per heavy atom. The zero-order valence-electron chi connectivity index (χ0n) is 7.31. The number of rotatable bonds is 1. The van der Waals surface area contributed by atoms with Crippen LogP contribution in [0, 0.1) is 6.92 Å². The second kappa shape index (κ2) is 2.69. The van der Waals surface area contributed by atoms with Crippen molar-refractivity contribution in [2.75, 3.05) is 0 Å². The lowest BCUT2D eigenvalue weighted by atomic mass is 10.3. The molecule has 2 rings (SSSR count). The predicted molar refractivity (Wildman–Crippen MR) is 47.5 cm³/mol. The molecule has 2 heterocycles. The van der Waals surface area contributed by atoms with Crippen LogP contribution in [0.4, 0.5) is 0 Å². The average Bonchev–Trinajstić information content (AvgIpc) is 2.47. The topological polar surface area (TPSA) is 87.5 Å². The normalized spacial score (nSPS) is 10.6. The van der Waals surface area contributed by atoms with E-state index in [0.29, 0.717) is 5.69 Å². The lowest BCUT2D eigenvalue weighted by Gasteiger charge is -1.95. The first-order valence-corrected chi connectivity index (χ1v) is 3.89. The number of nitrogens with zero attached hydrogens (tertiary/aromatic N) is 2. The van der Waals surface area contributed by atoms with Crippen LogP contribution >= 0.6 is 0 Å². The number of carboxylic acids is 1. The van der Waals surface area contributed by atoms with Crippen LogP contribution in [0.2, 0.25) is 0 Å². The van der Waals surface area contributed by atoms with E-state index in [1.807, 2.05) is 0 Å². The van der Waals surface area contributed by atoms with Crippen molar-refractivity contribution in [3.63, 3.8) is 0 Å². The molecular weight excluding hydrogens is 186 g/mol. The molecule has 0 aliphatic rings. The standard InChI is InChI=1S/C8H7N3O3/c1-4-2-11-3-9-5(8(13)14)6(11)7(12)10-4/h2-3H,1H3,(H,10,12)(H,13,14). The van der Waals surface area contributed by atoms with Gasteiger partial charge in [-0.25, -0.2) is 9.78 Å². The summed E-state index contributed by atoms with van der Waals surface area (Å²) < 4.78 is 1.40. The summed E-state index contributed by atoms with van der Waals surface area (Å²) in [6.45, 7) is 1.71. The highest BCUT2D eigenvalue weighted by atomic mass is 16.4. The van der Waals surface area contributed by atoms with Crippen LogP contribution in [0.1, 0.15) is 16.2 Å². The Bertz CT molecular complexity index is 567. The first kappa shape index (κ1) is 8.49. The van der Waals surface area contributed by atoms with Gasteiger partial charge in [-0.05, 0) is 6.92 Å². The SMILES string of the molecule is Cc1cn2cnc(C(=O)O)c2c(=O)[nH]1. The smallest absolute Gasteiger partial charge is 0.356 e. The Kier molecular flexibility index (Phi) is 1.63. The Morgan fingerprint density at radius 2 is 2.36 bits per heavy atom. The Balaban J connectivity index is 2.93. The van der Waals surface area contributed by atoms with Gasteiger partial charge >= 0.3 is 5.97 Å². The van der Waals surface area contributed by atoms with Crippen LogP contribution in [0.15, 0.2) is 17.3 Å². The highest BCUT2D eigenvalue weighted by Crippen LogP contribution is 2.04. The molecule has 0 atom stereocenters. The Labute approximate surface area is 77.8 Å². The molecule has 0 amide bonds. The summed E-state index contributed by atoms with van der Waals surface area (Å²) in [5.74, 6) is -1.21. The summed E-state index contributed by atoms with van der Waals surface area (Å²) in [7, 11) is 0. The second-order valence-electron chi connectivity index (χ2n) is 2.92. The quantitative estimate of drug-likeness (QED) is 0.668. The van der Waals surface area contributed by atoms with Gasteiger partial charge in [0, 0.05) is 11.9 Å². The number of aromatic nitrogens is 3. The number of carboxylic acid groups (broad SMARTS) is 1. The molecule has 14 heavy (non-hydrogen) atoms. The van der Waals surface area contributed by atoms with E-state index in [-0.39, 0.29) is 11.2 Å². The molecule has 0 unspecified atom stereocenters. The van der Waals surface area contributed by atoms with Crippen molar-refractivity contribution in [2.45, 2.75) is 6.92 Å². The van der Waals surface area contributed by atoms with Crippen LogP contribution in [-0.4, -0.2) is 25.4 Å². The molecule has 0 bridgehead atoms. The zero-order valence-corrected chi connectivity index (χ0v) is 7.31. The number of hydrogen-bond acceptors (Lipinski definition) is 3. The van der Waals surface area contributed by atoms with Gasteiger partial charge in [0.1, 0.15) is 11.8 Å². The molecule has 6 heteroatoms. The fourth-order valence-corrected chi connectivity index (χ4v) is 1.32. The number of fused-ring (bicyclic) bond motifs is 1. The van der Waals surface area contributed by atoms with E-state index in [0.717, 1.165) is 0 Å². The molecular formula is C8H7N3O3. The molecule has 0 aromatic carbocycles. The fraction of sp³-hybridized carbons (Fsp3) is 0.125. The lowest BCUT2D eigenvalue weighted by Crippen LogP contribution is -2.13.